The molecule has 1 aromatic carbocycles. The molecule has 5 nitrogen and oxygen atoms in total. The van der Waals surface area contributed by atoms with Crippen LogP contribution in [0.2, 0.25) is 5.02 Å². The van der Waals surface area contributed by atoms with Crippen LogP contribution in [-0.4, -0.2) is 46.2 Å². The third-order valence-electron chi connectivity index (χ3n) is 4.39. The van der Waals surface area contributed by atoms with Gasteiger partial charge < -0.3 is 4.84 Å². The second-order valence-electron chi connectivity index (χ2n) is 6.32. The average molecular weight is 383 g/mol. The predicted molar refractivity (Wildman–Crippen MR) is 102 cm³/mol. The highest BCUT2D eigenvalue weighted by atomic mass is 35.5. The first-order chi connectivity index (χ1) is 11.7. The summed E-state index contributed by atoms with van der Waals surface area (Å²) in [6.45, 7) is 10.8. The van der Waals surface area contributed by atoms with Crippen molar-refractivity contribution in [3.8, 4) is 0 Å². The molecule has 2 rings (SSSR count). The van der Waals surface area contributed by atoms with Crippen LogP contribution in [0.4, 0.5) is 0 Å². The molecule has 1 aliphatic rings. The predicted octanol–water partition coefficient (Wildman–Crippen LogP) is 4.04. The SMILES string of the molecule is CCN(CC)C(C)(C)C(=O)O/N=C1/C(=O)c2cc(Cl)ccc2SC1C. The Balaban J connectivity index is 2.23. The average Bonchev–Trinajstić information content (AvgIpc) is 2.56. The van der Waals surface area contributed by atoms with Crippen LogP contribution in [0.15, 0.2) is 28.3 Å². The van der Waals surface area contributed by atoms with E-state index in [-0.39, 0.29) is 16.7 Å². The molecule has 0 fully saturated rings. The molecule has 0 N–H and O–H groups in total. The topological polar surface area (TPSA) is 59.0 Å². The molecule has 0 amide bonds. The molecule has 0 spiro atoms. The molecule has 0 bridgehead atoms. The number of benzene rings is 1. The fourth-order valence-electron chi connectivity index (χ4n) is 2.81. The van der Waals surface area contributed by atoms with Crippen molar-refractivity contribution in [2.45, 2.75) is 50.3 Å². The number of carbonyl (C=O) groups is 2. The summed E-state index contributed by atoms with van der Waals surface area (Å²) in [6.07, 6.45) is 0. The Labute approximate surface area is 157 Å². The number of rotatable bonds is 5. The van der Waals surface area contributed by atoms with Crippen LogP contribution in [0.25, 0.3) is 0 Å². The highest BCUT2D eigenvalue weighted by Gasteiger charge is 2.36. The van der Waals surface area contributed by atoms with E-state index in [1.54, 1.807) is 26.0 Å². The van der Waals surface area contributed by atoms with Gasteiger partial charge in [0, 0.05) is 15.5 Å². The Kier molecular flexibility index (Phi) is 6.30. The Morgan fingerprint density at radius 2 is 2.00 bits per heavy atom. The van der Waals surface area contributed by atoms with E-state index in [2.05, 4.69) is 5.16 Å². The molecule has 136 valence electrons. The van der Waals surface area contributed by atoms with E-state index in [1.165, 1.54) is 11.8 Å². The summed E-state index contributed by atoms with van der Waals surface area (Å²) in [4.78, 5) is 33.1. The van der Waals surface area contributed by atoms with Gasteiger partial charge in [0.15, 0.2) is 0 Å². The second-order valence-corrected chi connectivity index (χ2v) is 8.14. The van der Waals surface area contributed by atoms with Crippen molar-refractivity contribution >= 4 is 40.8 Å². The third-order valence-corrected chi connectivity index (χ3v) is 5.81. The summed E-state index contributed by atoms with van der Waals surface area (Å²) in [6, 6.07) is 5.19. The molecule has 1 heterocycles. The van der Waals surface area contributed by atoms with E-state index in [0.29, 0.717) is 23.7 Å². The zero-order valence-corrected chi connectivity index (χ0v) is 16.7. The van der Waals surface area contributed by atoms with Gasteiger partial charge in [-0.05, 0) is 52.1 Å². The Morgan fingerprint density at radius 3 is 2.60 bits per heavy atom. The van der Waals surface area contributed by atoms with Crippen LogP contribution in [0.3, 0.4) is 0 Å². The maximum Gasteiger partial charge on any atom is 0.354 e. The first-order valence-corrected chi connectivity index (χ1v) is 9.53. The standard InChI is InChI=1S/C18H23ClN2O3S/c1-6-21(7-2)18(4,5)17(23)24-20-15-11(3)25-14-9-8-12(19)10-13(14)16(15)22/h8-11H,6-7H2,1-5H3/b20-15+. The van der Waals surface area contributed by atoms with Gasteiger partial charge in [-0.2, -0.15) is 0 Å². The van der Waals surface area contributed by atoms with Crippen molar-refractivity contribution in [2.75, 3.05) is 13.1 Å². The van der Waals surface area contributed by atoms with Gasteiger partial charge in [-0.15, -0.1) is 11.8 Å². The molecule has 1 aromatic rings. The quantitative estimate of drug-likeness (QED) is 0.568. The molecule has 7 heteroatoms. The van der Waals surface area contributed by atoms with Crippen molar-refractivity contribution in [3.05, 3.63) is 28.8 Å². The van der Waals surface area contributed by atoms with E-state index in [1.807, 2.05) is 31.7 Å². The number of halogens is 1. The first-order valence-electron chi connectivity index (χ1n) is 8.27. The number of thioether (sulfide) groups is 1. The minimum absolute atomic E-state index is 0.203. The van der Waals surface area contributed by atoms with E-state index in [9.17, 15) is 9.59 Å². The summed E-state index contributed by atoms with van der Waals surface area (Å²) >= 11 is 7.48. The number of hydrogen-bond acceptors (Lipinski definition) is 6. The van der Waals surface area contributed by atoms with E-state index in [4.69, 9.17) is 16.4 Å². The molecular weight excluding hydrogens is 360 g/mol. The van der Waals surface area contributed by atoms with Crippen molar-refractivity contribution in [3.63, 3.8) is 0 Å². The van der Waals surface area contributed by atoms with Gasteiger partial charge in [-0.25, -0.2) is 4.79 Å². The highest BCUT2D eigenvalue weighted by Crippen LogP contribution is 2.35. The zero-order valence-electron chi connectivity index (χ0n) is 15.1. The van der Waals surface area contributed by atoms with Crippen LogP contribution in [0, 0.1) is 0 Å². The summed E-state index contributed by atoms with van der Waals surface area (Å²) in [7, 11) is 0. The lowest BCUT2D eigenvalue weighted by atomic mass is 10.0. The molecule has 0 aromatic heterocycles. The molecule has 1 atom stereocenters. The van der Waals surface area contributed by atoms with Crippen molar-refractivity contribution in [1.82, 2.24) is 4.90 Å². The second kappa shape index (κ2) is 7.89. The molecule has 25 heavy (non-hydrogen) atoms. The van der Waals surface area contributed by atoms with Crippen molar-refractivity contribution < 1.29 is 14.4 Å². The highest BCUT2D eigenvalue weighted by molar-refractivity contribution is 8.01. The summed E-state index contributed by atoms with van der Waals surface area (Å²) < 4.78 is 0. The molecule has 0 saturated carbocycles. The van der Waals surface area contributed by atoms with Gasteiger partial charge >= 0.3 is 5.97 Å². The number of nitrogens with zero attached hydrogens (tertiary/aromatic N) is 2. The third kappa shape index (κ3) is 4.07. The normalized spacial score (nSPS) is 19.2. The largest absolute Gasteiger partial charge is 0.354 e. The van der Waals surface area contributed by atoms with Crippen LogP contribution in [0.5, 0.6) is 0 Å². The number of oxime groups is 1. The lowest BCUT2D eigenvalue weighted by Crippen LogP contribution is -2.50. The Morgan fingerprint density at radius 1 is 1.36 bits per heavy atom. The number of carbonyl (C=O) groups excluding carboxylic acids is 2. The fraction of sp³-hybridized carbons (Fsp3) is 0.500. The van der Waals surface area contributed by atoms with Gasteiger partial charge in [-0.1, -0.05) is 30.6 Å². The summed E-state index contributed by atoms with van der Waals surface area (Å²) in [5.74, 6) is -0.734. The lowest BCUT2D eigenvalue weighted by molar-refractivity contribution is -0.156. The minimum atomic E-state index is -0.817. The van der Waals surface area contributed by atoms with Gasteiger partial charge in [0.05, 0.1) is 5.25 Å². The van der Waals surface area contributed by atoms with Crippen LogP contribution < -0.4 is 0 Å². The number of fused-ring (bicyclic) bond motifs is 1. The minimum Gasteiger partial charge on any atom is -0.316 e. The summed E-state index contributed by atoms with van der Waals surface area (Å²) in [5, 5.41) is 4.20. The monoisotopic (exact) mass is 382 g/mol. The van der Waals surface area contributed by atoms with Gasteiger partial charge in [-0.3, -0.25) is 9.69 Å². The molecule has 0 aliphatic carbocycles. The number of ketones is 1. The Bertz CT molecular complexity index is 714. The Hall–Kier alpha value is -1.37. The maximum absolute atomic E-state index is 12.7. The van der Waals surface area contributed by atoms with Gasteiger partial charge in [0.25, 0.3) is 0 Å². The molecule has 1 aliphatic heterocycles. The first kappa shape index (κ1) is 19.9. The number of likely N-dealkylation sites (N-methyl/N-ethyl adjacent to an activating group) is 1. The number of Topliss-reactive ketones (excluding diaryl/α,β-unsaturated/α-hetero) is 1. The molecular formula is C18H23ClN2O3S. The van der Waals surface area contributed by atoms with E-state index in [0.717, 1.165) is 4.90 Å². The van der Waals surface area contributed by atoms with Crippen molar-refractivity contribution in [1.29, 1.82) is 0 Å². The zero-order chi connectivity index (χ0) is 18.8. The molecule has 1 unspecified atom stereocenters. The molecule has 0 radical (unpaired) electrons. The van der Waals surface area contributed by atoms with Crippen LogP contribution in [0.1, 0.15) is 45.0 Å². The summed E-state index contributed by atoms with van der Waals surface area (Å²) in [5.41, 5.74) is -0.0973. The van der Waals surface area contributed by atoms with Gasteiger partial charge in [0.2, 0.25) is 5.78 Å². The fourth-order valence-corrected chi connectivity index (χ4v) is 4.05. The van der Waals surface area contributed by atoms with Gasteiger partial charge in [0.1, 0.15) is 11.3 Å². The molecule has 0 saturated heterocycles. The number of hydrogen-bond donors (Lipinski definition) is 0. The van der Waals surface area contributed by atoms with Crippen LogP contribution >= 0.6 is 23.4 Å². The van der Waals surface area contributed by atoms with E-state index >= 15 is 0 Å². The van der Waals surface area contributed by atoms with Crippen molar-refractivity contribution in [2.24, 2.45) is 5.16 Å². The smallest absolute Gasteiger partial charge is 0.316 e. The maximum atomic E-state index is 12.7. The van der Waals surface area contributed by atoms with E-state index < -0.39 is 11.5 Å². The lowest BCUT2D eigenvalue weighted by Gasteiger charge is -2.33. The van der Waals surface area contributed by atoms with Crippen LogP contribution in [-0.2, 0) is 9.63 Å².